The number of ether oxygens (including phenoxy) is 2. The fourth-order valence-corrected chi connectivity index (χ4v) is 3.11. The number of nitrogens with two attached hydrogens (primary N) is 1. The Labute approximate surface area is 201 Å². The van der Waals surface area contributed by atoms with E-state index in [4.69, 9.17) is 15.2 Å². The molecule has 1 saturated heterocycles. The molecule has 3 rings (SSSR count). The third-order valence-corrected chi connectivity index (χ3v) is 5.06. The normalized spacial score (nSPS) is 13.6. The van der Waals surface area contributed by atoms with Crippen molar-refractivity contribution in [1.29, 1.82) is 0 Å². The maximum absolute atomic E-state index is 13.0. The average molecular weight is 488 g/mol. The Bertz CT molecular complexity index is 1130. The van der Waals surface area contributed by atoms with Gasteiger partial charge in [0.05, 0.1) is 5.56 Å². The summed E-state index contributed by atoms with van der Waals surface area (Å²) in [6.07, 6.45) is 3.95. The van der Waals surface area contributed by atoms with Crippen LogP contribution >= 0.6 is 0 Å². The van der Waals surface area contributed by atoms with Gasteiger partial charge in [-0.3, -0.25) is 9.59 Å². The molecule has 11 heteroatoms. The summed E-state index contributed by atoms with van der Waals surface area (Å²) in [7, 11) is 1.66. The van der Waals surface area contributed by atoms with E-state index in [1.807, 2.05) is 0 Å². The van der Waals surface area contributed by atoms with Crippen molar-refractivity contribution in [3.05, 3.63) is 59.4 Å². The number of nitrogens with zero attached hydrogens (tertiary/aromatic N) is 3. The molecule has 1 aliphatic heterocycles. The van der Waals surface area contributed by atoms with Crippen LogP contribution in [0.3, 0.4) is 0 Å². The Hall–Kier alpha value is -4.02. The van der Waals surface area contributed by atoms with Gasteiger partial charge in [-0.25, -0.2) is 13.8 Å². The molecule has 2 aromatic rings. The molecule has 3 N–H and O–H groups in total. The zero-order valence-corrected chi connectivity index (χ0v) is 19.5. The van der Waals surface area contributed by atoms with Crippen molar-refractivity contribution in [2.24, 2.45) is 10.7 Å². The van der Waals surface area contributed by atoms with E-state index in [0.717, 1.165) is 19.5 Å². The van der Waals surface area contributed by atoms with E-state index in [1.54, 1.807) is 24.9 Å². The van der Waals surface area contributed by atoms with Crippen LogP contribution in [0.2, 0.25) is 0 Å². The largest absolute Gasteiger partial charge is 0.485 e. The Kier molecular flexibility index (Phi) is 8.71. The number of amidine groups is 1. The first-order valence-electron chi connectivity index (χ1n) is 10.9. The van der Waals surface area contributed by atoms with Gasteiger partial charge in [-0.15, -0.1) is 0 Å². The second-order valence-electron chi connectivity index (χ2n) is 7.80. The third-order valence-electron chi connectivity index (χ3n) is 5.06. The highest BCUT2D eigenvalue weighted by Crippen LogP contribution is 2.30. The van der Waals surface area contributed by atoms with Crippen molar-refractivity contribution in [2.75, 3.05) is 33.5 Å². The van der Waals surface area contributed by atoms with Crippen molar-refractivity contribution >= 4 is 17.6 Å². The summed E-state index contributed by atoms with van der Waals surface area (Å²) >= 11 is 0. The highest BCUT2D eigenvalue weighted by molar-refractivity contribution is 6.06. The van der Waals surface area contributed by atoms with Crippen LogP contribution < -0.4 is 20.5 Å². The van der Waals surface area contributed by atoms with Crippen molar-refractivity contribution in [3.63, 3.8) is 0 Å². The maximum atomic E-state index is 13.0. The number of benzene rings is 1. The molecular formula is C24H27F2N5O4. The van der Waals surface area contributed by atoms with E-state index < -0.39 is 25.4 Å². The number of nitrogens with one attached hydrogen (secondary N) is 1. The topological polar surface area (TPSA) is 119 Å². The quantitative estimate of drug-likeness (QED) is 0.391. The van der Waals surface area contributed by atoms with Crippen LogP contribution in [-0.4, -0.2) is 67.1 Å². The molecule has 0 radical (unpaired) electrons. The predicted octanol–water partition coefficient (Wildman–Crippen LogP) is 2.95. The van der Waals surface area contributed by atoms with E-state index in [2.05, 4.69) is 15.3 Å². The molecule has 1 aromatic heterocycles. The number of hydrogen-bond donors (Lipinski definition) is 2. The number of alkyl halides is 2. The minimum absolute atomic E-state index is 0.00734. The van der Waals surface area contributed by atoms with Crippen molar-refractivity contribution in [2.45, 2.75) is 19.4 Å². The van der Waals surface area contributed by atoms with E-state index in [-0.39, 0.29) is 34.7 Å². The van der Waals surface area contributed by atoms with Crippen molar-refractivity contribution < 1.29 is 27.8 Å². The molecule has 0 unspecified atom stereocenters. The lowest BCUT2D eigenvalue weighted by molar-refractivity contribution is 0.0651. The maximum Gasteiger partial charge on any atom is 0.279 e. The van der Waals surface area contributed by atoms with Crippen LogP contribution in [0.4, 0.5) is 8.78 Å². The van der Waals surface area contributed by atoms with Gasteiger partial charge in [-0.1, -0.05) is 0 Å². The molecule has 0 saturated carbocycles. The zero-order valence-electron chi connectivity index (χ0n) is 19.5. The molecule has 0 aliphatic carbocycles. The smallest absolute Gasteiger partial charge is 0.279 e. The van der Waals surface area contributed by atoms with Crippen LogP contribution in [0.15, 0.2) is 47.7 Å². The SMILES string of the molecule is CN/C=C\C(N)=NC(=O)c1cc(Oc2ncc(C(=O)N3CCC3)cc2C)cc(OC(CF)CF)c1. The number of halogens is 2. The molecule has 2 amide bonds. The molecule has 0 atom stereocenters. The highest BCUT2D eigenvalue weighted by Gasteiger charge is 2.23. The fraction of sp³-hybridized carbons (Fsp3) is 0.333. The number of carbonyl (C=O) groups is 2. The zero-order chi connectivity index (χ0) is 25.4. The van der Waals surface area contributed by atoms with Crippen molar-refractivity contribution in [1.82, 2.24) is 15.2 Å². The Morgan fingerprint density at radius 2 is 1.91 bits per heavy atom. The van der Waals surface area contributed by atoms with Gasteiger partial charge < -0.3 is 25.4 Å². The van der Waals surface area contributed by atoms with Gasteiger partial charge >= 0.3 is 0 Å². The number of carbonyl (C=O) groups excluding carboxylic acids is 2. The summed E-state index contributed by atoms with van der Waals surface area (Å²) in [6.45, 7) is 1.05. The predicted molar refractivity (Wildman–Crippen MR) is 127 cm³/mol. The van der Waals surface area contributed by atoms with Gasteiger partial charge in [-0.05, 0) is 43.8 Å². The molecule has 9 nitrogen and oxygen atoms in total. The molecule has 0 spiro atoms. The van der Waals surface area contributed by atoms with Crippen molar-refractivity contribution in [3.8, 4) is 17.4 Å². The summed E-state index contributed by atoms with van der Waals surface area (Å²) in [4.78, 5) is 34.8. The second kappa shape index (κ2) is 11.9. The van der Waals surface area contributed by atoms with Crippen LogP contribution in [-0.2, 0) is 0 Å². The molecule has 35 heavy (non-hydrogen) atoms. The number of hydrogen-bond acceptors (Lipinski definition) is 6. The molecule has 186 valence electrons. The van der Waals surface area contributed by atoms with E-state index in [9.17, 15) is 18.4 Å². The van der Waals surface area contributed by atoms with Crippen LogP contribution in [0.5, 0.6) is 17.4 Å². The minimum Gasteiger partial charge on any atom is -0.485 e. The fourth-order valence-electron chi connectivity index (χ4n) is 3.11. The lowest BCUT2D eigenvalue weighted by Gasteiger charge is -2.30. The van der Waals surface area contributed by atoms with Crippen LogP contribution in [0.25, 0.3) is 0 Å². The van der Waals surface area contributed by atoms with Gasteiger partial charge in [0.15, 0.2) is 6.10 Å². The Morgan fingerprint density at radius 3 is 2.51 bits per heavy atom. The molecule has 1 fully saturated rings. The first-order valence-corrected chi connectivity index (χ1v) is 10.9. The average Bonchev–Trinajstić information content (AvgIpc) is 2.81. The van der Waals surface area contributed by atoms with Gasteiger partial charge in [0, 0.05) is 43.5 Å². The highest BCUT2D eigenvalue weighted by atomic mass is 19.1. The molecule has 2 heterocycles. The Balaban J connectivity index is 1.89. The number of pyridine rings is 1. The monoisotopic (exact) mass is 487 g/mol. The van der Waals surface area contributed by atoms with Gasteiger partial charge in [0.1, 0.15) is 30.7 Å². The third kappa shape index (κ3) is 6.75. The summed E-state index contributed by atoms with van der Waals surface area (Å²) < 4.78 is 37.2. The van der Waals surface area contributed by atoms with E-state index >= 15 is 0 Å². The minimum atomic E-state index is -1.34. The summed E-state index contributed by atoms with van der Waals surface area (Å²) in [5.41, 5.74) is 6.76. The molecule has 1 aliphatic rings. The number of rotatable bonds is 10. The Morgan fingerprint density at radius 1 is 1.20 bits per heavy atom. The number of aryl methyl sites for hydroxylation is 1. The lowest BCUT2D eigenvalue weighted by Crippen LogP contribution is -2.42. The first-order chi connectivity index (χ1) is 16.8. The standard InChI is InChI=1S/C24H27F2N5O4/c1-15-8-17(24(33)31-6-3-7-31)14-29-23(15)35-19-10-16(22(32)30-21(27)4-5-28-2)9-18(11-19)34-20(12-25)13-26/h4-5,8-11,14,20,28H,3,6-7,12-13H2,1-2H3,(H2,27,30,32)/b5-4-. The van der Waals surface area contributed by atoms with E-state index in [1.165, 1.54) is 36.7 Å². The lowest BCUT2D eigenvalue weighted by atomic mass is 10.1. The number of amides is 2. The second-order valence-corrected chi connectivity index (χ2v) is 7.80. The van der Waals surface area contributed by atoms with E-state index in [0.29, 0.717) is 11.1 Å². The molecule has 1 aromatic carbocycles. The summed E-state index contributed by atoms with van der Waals surface area (Å²) in [6, 6.07) is 5.72. The summed E-state index contributed by atoms with van der Waals surface area (Å²) in [5, 5.41) is 2.73. The van der Waals surface area contributed by atoms with Gasteiger partial charge in [0.2, 0.25) is 5.88 Å². The number of aliphatic imine (C=N–C) groups is 1. The number of aromatic nitrogens is 1. The van der Waals surface area contributed by atoms with Crippen LogP contribution in [0.1, 0.15) is 32.7 Å². The summed E-state index contributed by atoms with van der Waals surface area (Å²) in [5.74, 6) is -0.548. The number of likely N-dealkylation sites (tertiary alicyclic amines) is 1. The van der Waals surface area contributed by atoms with Crippen LogP contribution in [0, 0.1) is 6.92 Å². The molecular weight excluding hydrogens is 460 g/mol. The first kappa shape index (κ1) is 25.6. The molecule has 0 bridgehead atoms. The van der Waals surface area contributed by atoms with Gasteiger partial charge in [-0.2, -0.15) is 4.99 Å². The van der Waals surface area contributed by atoms with Gasteiger partial charge in [0.25, 0.3) is 11.8 Å².